The number of sulfonamides is 1. The van der Waals surface area contributed by atoms with Gasteiger partial charge in [-0.2, -0.15) is 0 Å². The Morgan fingerprint density at radius 2 is 1.84 bits per heavy atom. The zero-order chi connectivity index (χ0) is 22.2. The minimum Gasteiger partial charge on any atom is -0.334 e. The molecule has 1 saturated heterocycles. The minimum atomic E-state index is -3.11. The highest BCUT2D eigenvalue weighted by Gasteiger charge is 2.28. The second kappa shape index (κ2) is 8.55. The normalized spacial score (nSPS) is 16.1. The average molecular weight is 443 g/mol. The predicted octanol–water partition coefficient (Wildman–Crippen LogP) is 3.22. The molecule has 1 fully saturated rings. The lowest BCUT2D eigenvalue weighted by Crippen LogP contribution is -2.38. The van der Waals surface area contributed by atoms with Gasteiger partial charge in [-0.25, -0.2) is 22.7 Å². The fourth-order valence-corrected chi connectivity index (χ4v) is 5.39. The summed E-state index contributed by atoms with van der Waals surface area (Å²) in [6, 6.07) is 4.22. The van der Waals surface area contributed by atoms with Crippen LogP contribution >= 0.6 is 0 Å². The van der Waals surface area contributed by atoms with Crippen molar-refractivity contribution in [3.8, 4) is 0 Å². The molecule has 0 spiro atoms. The number of nitrogens with zero attached hydrogens (tertiary/aromatic N) is 6. The van der Waals surface area contributed by atoms with Crippen LogP contribution in [0, 0.1) is 0 Å². The number of anilines is 2. The van der Waals surface area contributed by atoms with Crippen LogP contribution in [0.15, 0.2) is 30.9 Å². The quantitative estimate of drug-likeness (QED) is 0.583. The Morgan fingerprint density at radius 3 is 2.52 bits per heavy atom. The van der Waals surface area contributed by atoms with Crippen LogP contribution in [0.1, 0.15) is 43.9 Å². The molecule has 0 aromatic carbocycles. The molecule has 0 aliphatic carbocycles. The number of rotatable bonds is 6. The van der Waals surface area contributed by atoms with E-state index in [0.29, 0.717) is 13.1 Å². The van der Waals surface area contributed by atoms with Crippen molar-refractivity contribution in [2.45, 2.75) is 39.0 Å². The number of hydrogen-bond donors (Lipinski definition) is 0. The van der Waals surface area contributed by atoms with E-state index in [1.54, 1.807) is 23.8 Å². The van der Waals surface area contributed by atoms with Gasteiger partial charge in [-0.1, -0.05) is 6.92 Å². The molecule has 3 aromatic rings. The van der Waals surface area contributed by atoms with Crippen molar-refractivity contribution >= 4 is 32.6 Å². The summed E-state index contributed by atoms with van der Waals surface area (Å²) in [5.74, 6) is 1.30. The van der Waals surface area contributed by atoms with Crippen LogP contribution in [0.25, 0.3) is 11.0 Å². The molecule has 0 radical (unpaired) electrons. The van der Waals surface area contributed by atoms with Gasteiger partial charge in [-0.05, 0) is 37.8 Å². The van der Waals surface area contributed by atoms with Gasteiger partial charge in [0.05, 0.1) is 35.7 Å². The average Bonchev–Trinajstić information content (AvgIpc) is 3.18. The number of pyridine rings is 2. The lowest BCUT2D eigenvalue weighted by molar-refractivity contribution is 0.317. The van der Waals surface area contributed by atoms with E-state index in [-0.39, 0.29) is 11.7 Å². The molecular weight excluding hydrogens is 412 g/mol. The standard InChI is InChI=1S/C22H30N6O2S/c1-5-16-11-18(17-7-9-28(10-8-17)31(29,30)6-2)23-14-21(16)27(4)22-12-20-19(13-24-22)25-15-26(20)3/h11-15,17H,5-10H2,1-4H3. The fourth-order valence-electron chi connectivity index (χ4n) is 4.26. The lowest BCUT2D eigenvalue weighted by Gasteiger charge is -2.31. The Labute approximate surface area is 184 Å². The van der Waals surface area contributed by atoms with Crippen molar-refractivity contribution in [2.75, 3.05) is 30.8 Å². The van der Waals surface area contributed by atoms with Crippen molar-refractivity contribution in [1.29, 1.82) is 0 Å². The molecule has 0 unspecified atom stereocenters. The fraction of sp³-hybridized carbons (Fsp3) is 0.500. The summed E-state index contributed by atoms with van der Waals surface area (Å²) in [7, 11) is 0.875. The van der Waals surface area contributed by atoms with Crippen molar-refractivity contribution < 1.29 is 8.42 Å². The van der Waals surface area contributed by atoms with E-state index in [4.69, 9.17) is 4.98 Å². The number of fused-ring (bicyclic) bond motifs is 1. The molecule has 0 amide bonds. The third-order valence-electron chi connectivity index (χ3n) is 6.30. The molecule has 4 rings (SSSR count). The third kappa shape index (κ3) is 4.16. The molecule has 1 aliphatic heterocycles. The van der Waals surface area contributed by atoms with E-state index in [1.165, 1.54) is 5.56 Å². The Morgan fingerprint density at radius 1 is 1.10 bits per heavy atom. The van der Waals surface area contributed by atoms with Gasteiger partial charge in [-0.3, -0.25) is 4.98 Å². The molecule has 31 heavy (non-hydrogen) atoms. The van der Waals surface area contributed by atoms with Crippen molar-refractivity contribution in [3.63, 3.8) is 0 Å². The highest BCUT2D eigenvalue weighted by molar-refractivity contribution is 7.89. The van der Waals surface area contributed by atoms with E-state index < -0.39 is 10.0 Å². The molecule has 0 bridgehead atoms. The first-order chi connectivity index (χ1) is 14.8. The topological polar surface area (TPSA) is 84.2 Å². The molecule has 1 aliphatic rings. The maximum atomic E-state index is 12.1. The van der Waals surface area contributed by atoms with Gasteiger partial charge < -0.3 is 9.47 Å². The molecule has 166 valence electrons. The summed E-state index contributed by atoms with van der Waals surface area (Å²) in [6.45, 7) is 4.98. The first kappa shape index (κ1) is 21.7. The molecule has 8 nitrogen and oxygen atoms in total. The maximum Gasteiger partial charge on any atom is 0.213 e. The number of piperidine rings is 1. The van der Waals surface area contributed by atoms with E-state index >= 15 is 0 Å². The number of aromatic nitrogens is 4. The number of hydrogen-bond acceptors (Lipinski definition) is 6. The van der Waals surface area contributed by atoms with Crippen LogP contribution in [-0.4, -0.2) is 58.1 Å². The van der Waals surface area contributed by atoms with E-state index in [2.05, 4.69) is 27.9 Å². The zero-order valence-corrected chi connectivity index (χ0v) is 19.4. The van der Waals surface area contributed by atoms with Gasteiger partial charge in [0.25, 0.3) is 0 Å². The van der Waals surface area contributed by atoms with E-state index in [1.807, 2.05) is 30.9 Å². The SMILES string of the molecule is CCc1cc(C2CCN(S(=O)(=O)CC)CC2)ncc1N(C)c1cc2c(cn1)ncn2C. The van der Waals surface area contributed by atoms with Gasteiger partial charge in [0.15, 0.2) is 0 Å². The van der Waals surface area contributed by atoms with Crippen LogP contribution in [0.4, 0.5) is 11.5 Å². The third-order valence-corrected chi connectivity index (χ3v) is 8.18. The summed E-state index contributed by atoms with van der Waals surface area (Å²) in [6.07, 6.45) is 8.02. The molecule has 9 heteroatoms. The van der Waals surface area contributed by atoms with Crippen LogP contribution in [0.5, 0.6) is 0 Å². The summed E-state index contributed by atoms with van der Waals surface area (Å²) in [5, 5.41) is 0. The molecule has 0 atom stereocenters. The van der Waals surface area contributed by atoms with Crippen LogP contribution < -0.4 is 4.90 Å². The van der Waals surface area contributed by atoms with Crippen LogP contribution in [-0.2, 0) is 23.5 Å². The van der Waals surface area contributed by atoms with E-state index in [0.717, 1.165) is 47.5 Å². The lowest BCUT2D eigenvalue weighted by atomic mass is 9.92. The molecular formula is C22H30N6O2S. The second-order valence-electron chi connectivity index (χ2n) is 8.11. The maximum absolute atomic E-state index is 12.1. The Hall–Kier alpha value is -2.52. The van der Waals surface area contributed by atoms with Gasteiger partial charge >= 0.3 is 0 Å². The molecule has 4 heterocycles. The minimum absolute atomic E-state index is 0.162. The summed E-state index contributed by atoms with van der Waals surface area (Å²) < 4.78 is 27.9. The largest absolute Gasteiger partial charge is 0.334 e. The van der Waals surface area contributed by atoms with Crippen molar-refractivity contribution in [2.24, 2.45) is 7.05 Å². The number of aryl methyl sites for hydroxylation is 2. The highest BCUT2D eigenvalue weighted by atomic mass is 32.2. The second-order valence-corrected chi connectivity index (χ2v) is 10.4. The predicted molar refractivity (Wildman–Crippen MR) is 123 cm³/mol. The van der Waals surface area contributed by atoms with Crippen LogP contribution in [0.2, 0.25) is 0 Å². The van der Waals surface area contributed by atoms with Gasteiger partial charge in [0, 0.05) is 44.9 Å². The first-order valence-electron chi connectivity index (χ1n) is 10.8. The zero-order valence-electron chi connectivity index (χ0n) is 18.6. The van der Waals surface area contributed by atoms with Crippen LogP contribution in [0.3, 0.4) is 0 Å². The van der Waals surface area contributed by atoms with Gasteiger partial charge in [0.2, 0.25) is 10.0 Å². The molecule has 0 N–H and O–H groups in total. The molecule has 0 saturated carbocycles. The van der Waals surface area contributed by atoms with Gasteiger partial charge in [0.1, 0.15) is 11.3 Å². The summed E-state index contributed by atoms with van der Waals surface area (Å²) >= 11 is 0. The Balaban J connectivity index is 1.56. The van der Waals surface area contributed by atoms with Gasteiger partial charge in [-0.15, -0.1) is 0 Å². The first-order valence-corrected chi connectivity index (χ1v) is 12.4. The van der Waals surface area contributed by atoms with Crippen molar-refractivity contribution in [1.82, 2.24) is 23.8 Å². The number of imidazole rings is 1. The monoisotopic (exact) mass is 442 g/mol. The van der Waals surface area contributed by atoms with E-state index in [9.17, 15) is 8.42 Å². The molecule has 3 aromatic heterocycles. The van der Waals surface area contributed by atoms with Crippen molar-refractivity contribution in [3.05, 3.63) is 42.1 Å². The summed E-state index contributed by atoms with van der Waals surface area (Å²) in [4.78, 5) is 15.8. The smallest absolute Gasteiger partial charge is 0.213 e. The Kier molecular flexibility index (Phi) is 5.98. The highest BCUT2D eigenvalue weighted by Crippen LogP contribution is 2.33. The Bertz CT molecular complexity index is 1180. The summed E-state index contributed by atoms with van der Waals surface area (Å²) in [5.41, 5.74) is 5.21.